The van der Waals surface area contributed by atoms with Gasteiger partial charge in [0.05, 0.1) is 0 Å². The average Bonchev–Trinajstić information content (AvgIpc) is 2.79. The minimum atomic E-state index is 0.577. The van der Waals surface area contributed by atoms with Crippen LogP contribution in [0.5, 0.6) is 0 Å². The predicted molar refractivity (Wildman–Crippen MR) is 77.5 cm³/mol. The van der Waals surface area contributed by atoms with E-state index in [1.54, 1.807) is 0 Å². The van der Waals surface area contributed by atoms with Gasteiger partial charge in [-0.25, -0.2) is 4.98 Å². The Hall–Kier alpha value is -1.55. The number of aryl methyl sites for hydroxylation is 1. The summed E-state index contributed by atoms with van der Waals surface area (Å²) in [4.78, 5) is 6.88. The first-order valence-corrected chi connectivity index (χ1v) is 7.10. The van der Waals surface area contributed by atoms with E-state index in [4.69, 9.17) is 4.42 Å². The highest BCUT2D eigenvalue weighted by atomic mass is 16.3. The topological polar surface area (TPSA) is 41.3 Å². The lowest BCUT2D eigenvalue weighted by Crippen LogP contribution is -2.38. The van der Waals surface area contributed by atoms with E-state index in [0.29, 0.717) is 6.04 Å². The number of hydrogen-bond donors (Lipinski definition) is 1. The van der Waals surface area contributed by atoms with Crippen molar-refractivity contribution in [3.05, 3.63) is 24.1 Å². The molecule has 102 valence electrons. The minimum absolute atomic E-state index is 0.577. The van der Waals surface area contributed by atoms with Gasteiger partial charge in [-0.1, -0.05) is 6.92 Å². The summed E-state index contributed by atoms with van der Waals surface area (Å²) >= 11 is 0. The number of likely N-dealkylation sites (tertiary alicyclic amines) is 1. The smallest absolute Gasteiger partial charge is 0.192 e. The first-order chi connectivity index (χ1) is 9.24. The molecule has 0 spiro atoms. The lowest BCUT2D eigenvalue weighted by Gasteiger charge is -2.32. The second-order valence-electron chi connectivity index (χ2n) is 5.27. The summed E-state index contributed by atoms with van der Waals surface area (Å²) in [6.07, 6.45) is 2.42. The Labute approximate surface area is 113 Å². The Morgan fingerprint density at radius 2 is 2.16 bits per heavy atom. The van der Waals surface area contributed by atoms with Gasteiger partial charge in [-0.05, 0) is 37.6 Å². The van der Waals surface area contributed by atoms with Crippen molar-refractivity contribution in [2.24, 2.45) is 0 Å². The van der Waals surface area contributed by atoms with Gasteiger partial charge in [-0.3, -0.25) is 0 Å². The van der Waals surface area contributed by atoms with E-state index in [1.165, 1.54) is 25.9 Å². The largest absolute Gasteiger partial charge is 0.441 e. The molecule has 3 rings (SSSR count). The lowest BCUT2D eigenvalue weighted by molar-refractivity contribution is 0.229. The molecule has 0 bridgehead atoms. The van der Waals surface area contributed by atoms with Crippen LogP contribution in [-0.4, -0.2) is 35.6 Å². The predicted octanol–water partition coefficient (Wildman–Crippen LogP) is 3.03. The van der Waals surface area contributed by atoms with E-state index >= 15 is 0 Å². The van der Waals surface area contributed by atoms with Crippen LogP contribution in [0.3, 0.4) is 0 Å². The van der Waals surface area contributed by atoms with Gasteiger partial charge in [0.2, 0.25) is 0 Å². The number of nitrogens with zero attached hydrogens (tertiary/aromatic N) is 2. The molecule has 0 unspecified atom stereocenters. The second kappa shape index (κ2) is 5.21. The van der Waals surface area contributed by atoms with Gasteiger partial charge < -0.3 is 14.6 Å². The summed E-state index contributed by atoms with van der Waals surface area (Å²) in [6.45, 7) is 7.66. The van der Waals surface area contributed by atoms with Crippen molar-refractivity contribution >= 4 is 16.8 Å². The molecule has 0 amide bonds. The summed E-state index contributed by atoms with van der Waals surface area (Å²) in [5.74, 6) is 0.725. The molecule has 4 heteroatoms. The Balaban J connectivity index is 1.68. The van der Waals surface area contributed by atoms with Gasteiger partial charge in [-0.15, -0.1) is 0 Å². The third-order valence-corrected chi connectivity index (χ3v) is 3.90. The van der Waals surface area contributed by atoms with Crippen molar-refractivity contribution in [1.29, 1.82) is 0 Å². The van der Waals surface area contributed by atoms with Crippen molar-refractivity contribution in [2.75, 3.05) is 25.0 Å². The first-order valence-electron chi connectivity index (χ1n) is 7.10. The van der Waals surface area contributed by atoms with Crippen molar-refractivity contribution in [3.63, 3.8) is 0 Å². The van der Waals surface area contributed by atoms with E-state index < -0.39 is 0 Å². The number of anilines is 1. The molecule has 1 fully saturated rings. The summed E-state index contributed by atoms with van der Waals surface area (Å²) < 4.78 is 5.50. The number of benzene rings is 1. The summed E-state index contributed by atoms with van der Waals surface area (Å²) in [7, 11) is 0. The minimum Gasteiger partial charge on any atom is -0.441 e. The van der Waals surface area contributed by atoms with Crippen LogP contribution < -0.4 is 5.32 Å². The first kappa shape index (κ1) is 12.5. The van der Waals surface area contributed by atoms with Crippen molar-refractivity contribution < 1.29 is 4.42 Å². The molecule has 4 nitrogen and oxygen atoms in total. The zero-order chi connectivity index (χ0) is 13.2. The summed E-state index contributed by atoms with van der Waals surface area (Å²) in [5.41, 5.74) is 2.95. The molecule has 2 aromatic rings. The second-order valence-corrected chi connectivity index (χ2v) is 5.27. The van der Waals surface area contributed by atoms with Gasteiger partial charge in [-0.2, -0.15) is 0 Å². The fraction of sp³-hybridized carbons (Fsp3) is 0.533. The van der Waals surface area contributed by atoms with Crippen LogP contribution in [0.1, 0.15) is 25.7 Å². The highest BCUT2D eigenvalue weighted by Crippen LogP contribution is 2.22. The highest BCUT2D eigenvalue weighted by Gasteiger charge is 2.17. The quantitative estimate of drug-likeness (QED) is 0.920. The number of rotatable bonds is 3. The molecule has 1 aromatic carbocycles. The molecule has 0 aliphatic carbocycles. The Kier molecular flexibility index (Phi) is 3.42. The van der Waals surface area contributed by atoms with Crippen LogP contribution in [0.15, 0.2) is 22.6 Å². The van der Waals surface area contributed by atoms with Crippen LogP contribution in [0.4, 0.5) is 5.69 Å². The van der Waals surface area contributed by atoms with Gasteiger partial charge in [0.1, 0.15) is 5.52 Å². The van der Waals surface area contributed by atoms with Gasteiger partial charge in [0.15, 0.2) is 11.5 Å². The molecule has 0 saturated carbocycles. The maximum Gasteiger partial charge on any atom is 0.192 e. The third-order valence-electron chi connectivity index (χ3n) is 3.90. The van der Waals surface area contributed by atoms with Crippen LogP contribution in [-0.2, 0) is 0 Å². The van der Waals surface area contributed by atoms with Gasteiger partial charge in [0, 0.05) is 31.7 Å². The number of aromatic nitrogens is 1. The van der Waals surface area contributed by atoms with E-state index in [2.05, 4.69) is 34.3 Å². The average molecular weight is 259 g/mol. The zero-order valence-corrected chi connectivity index (χ0v) is 11.6. The molecule has 19 heavy (non-hydrogen) atoms. The molecular formula is C15H21N3O. The Bertz CT molecular complexity index is 556. The van der Waals surface area contributed by atoms with Crippen LogP contribution in [0, 0.1) is 6.92 Å². The Morgan fingerprint density at radius 1 is 1.37 bits per heavy atom. The van der Waals surface area contributed by atoms with E-state index in [-0.39, 0.29) is 0 Å². The summed E-state index contributed by atoms with van der Waals surface area (Å²) in [6, 6.07) is 6.74. The molecule has 1 saturated heterocycles. The molecule has 0 atom stereocenters. The van der Waals surface area contributed by atoms with Crippen LogP contribution in [0.2, 0.25) is 0 Å². The van der Waals surface area contributed by atoms with Crippen molar-refractivity contribution in [3.8, 4) is 0 Å². The van der Waals surface area contributed by atoms with Crippen LogP contribution in [0.25, 0.3) is 11.1 Å². The monoisotopic (exact) mass is 259 g/mol. The standard InChI is InChI=1S/C15H21N3O/c1-3-18-8-6-12(7-9-18)17-13-4-5-15-14(10-13)16-11(2)19-15/h4-5,10,12,17H,3,6-9H2,1-2H3. The van der Waals surface area contributed by atoms with Gasteiger partial charge >= 0.3 is 0 Å². The number of piperidine rings is 1. The zero-order valence-electron chi connectivity index (χ0n) is 11.6. The Morgan fingerprint density at radius 3 is 2.89 bits per heavy atom. The SMILES string of the molecule is CCN1CCC(Nc2ccc3oc(C)nc3c2)CC1. The maximum absolute atomic E-state index is 5.50. The summed E-state index contributed by atoms with van der Waals surface area (Å²) in [5, 5.41) is 3.62. The fourth-order valence-electron chi connectivity index (χ4n) is 2.76. The number of fused-ring (bicyclic) bond motifs is 1. The van der Waals surface area contributed by atoms with Crippen LogP contribution >= 0.6 is 0 Å². The number of oxazole rings is 1. The van der Waals surface area contributed by atoms with E-state index in [9.17, 15) is 0 Å². The molecule has 0 radical (unpaired) electrons. The third kappa shape index (κ3) is 2.73. The molecule has 1 N–H and O–H groups in total. The number of nitrogens with one attached hydrogen (secondary N) is 1. The lowest BCUT2D eigenvalue weighted by atomic mass is 10.0. The molecule has 1 aliphatic heterocycles. The molecular weight excluding hydrogens is 238 g/mol. The van der Waals surface area contributed by atoms with E-state index in [1.807, 2.05) is 13.0 Å². The maximum atomic E-state index is 5.50. The van der Waals surface area contributed by atoms with E-state index in [0.717, 1.165) is 29.2 Å². The number of hydrogen-bond acceptors (Lipinski definition) is 4. The molecule has 2 heterocycles. The highest BCUT2D eigenvalue weighted by molar-refractivity contribution is 5.77. The van der Waals surface area contributed by atoms with Crippen molar-refractivity contribution in [1.82, 2.24) is 9.88 Å². The molecule has 1 aliphatic rings. The molecule has 1 aromatic heterocycles. The van der Waals surface area contributed by atoms with Gasteiger partial charge in [0.25, 0.3) is 0 Å². The van der Waals surface area contributed by atoms with Crippen molar-refractivity contribution in [2.45, 2.75) is 32.7 Å². The fourth-order valence-corrected chi connectivity index (χ4v) is 2.76. The normalized spacial score (nSPS) is 18.0.